The van der Waals surface area contributed by atoms with Gasteiger partial charge < -0.3 is 9.47 Å². The van der Waals surface area contributed by atoms with E-state index in [0.717, 1.165) is 11.3 Å². The number of nitrogens with zero attached hydrogens (tertiary/aromatic N) is 4. The monoisotopic (exact) mass is 462 g/mol. The van der Waals surface area contributed by atoms with E-state index in [1.54, 1.807) is 41.7 Å². The van der Waals surface area contributed by atoms with Gasteiger partial charge in [-0.25, -0.2) is 9.67 Å². The maximum atomic E-state index is 12.3. The molecular weight excluding hydrogens is 440 g/mol. The van der Waals surface area contributed by atoms with Crippen molar-refractivity contribution < 1.29 is 19.1 Å². The molecule has 2 aromatic carbocycles. The number of ether oxygens (including phenoxy) is 2. The van der Waals surface area contributed by atoms with Gasteiger partial charge in [-0.15, -0.1) is 11.3 Å². The van der Waals surface area contributed by atoms with Gasteiger partial charge in [-0.1, -0.05) is 30.3 Å². The van der Waals surface area contributed by atoms with Crippen LogP contribution in [0.15, 0.2) is 72.4 Å². The van der Waals surface area contributed by atoms with Crippen LogP contribution in [0.5, 0.6) is 5.75 Å². The molecule has 0 aliphatic heterocycles. The molecule has 0 radical (unpaired) electrons. The van der Waals surface area contributed by atoms with E-state index in [-0.39, 0.29) is 24.9 Å². The predicted octanol–water partition coefficient (Wildman–Crippen LogP) is 4.31. The Labute approximate surface area is 195 Å². The van der Waals surface area contributed by atoms with Gasteiger partial charge in [-0.05, 0) is 24.3 Å². The highest BCUT2D eigenvalue weighted by atomic mass is 32.1. The van der Waals surface area contributed by atoms with Gasteiger partial charge in [0, 0.05) is 24.1 Å². The van der Waals surface area contributed by atoms with Gasteiger partial charge >= 0.3 is 5.97 Å². The number of carbonyl (C=O) groups is 2. The Morgan fingerprint density at radius 1 is 1.09 bits per heavy atom. The van der Waals surface area contributed by atoms with Crippen molar-refractivity contribution in [2.45, 2.75) is 20.0 Å². The molecular formula is C24H22N4O4S. The quantitative estimate of drug-likeness (QED) is 0.363. The Kier molecular flexibility index (Phi) is 6.80. The highest BCUT2D eigenvalue weighted by Crippen LogP contribution is 2.35. The molecule has 33 heavy (non-hydrogen) atoms. The molecule has 2 aromatic heterocycles. The van der Waals surface area contributed by atoms with Gasteiger partial charge in [-0.3, -0.25) is 14.5 Å². The Morgan fingerprint density at radius 3 is 2.61 bits per heavy atom. The summed E-state index contributed by atoms with van der Waals surface area (Å²) in [5, 5.41) is 6.53. The standard InChI is InChI=1S/C24H22N4O4S/c1-17(29)28(21-10-6-7-11-22(21)31-2)24-26-19(16-33-24)15-32-23(30)12-18-13-25-27(14-18)20-8-4-3-5-9-20/h3-11,13-14,16H,12,15H2,1-2H3. The maximum Gasteiger partial charge on any atom is 0.310 e. The Balaban J connectivity index is 1.39. The maximum absolute atomic E-state index is 12.3. The van der Waals surface area contributed by atoms with E-state index in [2.05, 4.69) is 10.1 Å². The number of anilines is 2. The number of esters is 1. The SMILES string of the molecule is COc1ccccc1N(C(C)=O)c1nc(COC(=O)Cc2cnn(-c3ccccc3)c2)cs1. The van der Waals surface area contributed by atoms with Gasteiger partial charge in [0.05, 0.1) is 36.8 Å². The van der Waals surface area contributed by atoms with Gasteiger partial charge in [-0.2, -0.15) is 5.10 Å². The lowest BCUT2D eigenvalue weighted by Gasteiger charge is -2.20. The molecule has 0 spiro atoms. The molecule has 168 valence electrons. The number of carbonyl (C=O) groups excluding carboxylic acids is 2. The first-order valence-electron chi connectivity index (χ1n) is 10.2. The molecule has 0 atom stereocenters. The first-order chi connectivity index (χ1) is 16.0. The highest BCUT2D eigenvalue weighted by Gasteiger charge is 2.21. The summed E-state index contributed by atoms with van der Waals surface area (Å²) in [6.45, 7) is 1.48. The summed E-state index contributed by atoms with van der Waals surface area (Å²) >= 11 is 1.29. The third-order valence-electron chi connectivity index (χ3n) is 4.76. The molecule has 9 heteroatoms. The van der Waals surface area contributed by atoms with E-state index < -0.39 is 0 Å². The number of hydrogen-bond acceptors (Lipinski definition) is 7. The van der Waals surface area contributed by atoms with Gasteiger partial charge in [0.25, 0.3) is 0 Å². The number of thiazole rings is 1. The minimum absolute atomic E-state index is 0.0137. The van der Waals surface area contributed by atoms with Crippen LogP contribution in [0.2, 0.25) is 0 Å². The minimum atomic E-state index is -0.384. The van der Waals surface area contributed by atoms with E-state index in [9.17, 15) is 9.59 Å². The van der Waals surface area contributed by atoms with Crippen molar-refractivity contribution in [3.63, 3.8) is 0 Å². The summed E-state index contributed by atoms with van der Waals surface area (Å²) in [5.74, 6) is -0.0231. The van der Waals surface area contributed by atoms with Crippen molar-refractivity contribution >= 4 is 34.0 Å². The third-order valence-corrected chi connectivity index (χ3v) is 5.63. The Bertz CT molecular complexity index is 1250. The van der Waals surface area contributed by atoms with Crippen LogP contribution >= 0.6 is 11.3 Å². The molecule has 4 aromatic rings. The number of methoxy groups -OCH3 is 1. The molecule has 2 heterocycles. The van der Waals surface area contributed by atoms with Crippen LogP contribution in [0.25, 0.3) is 5.69 Å². The number of amides is 1. The molecule has 0 saturated heterocycles. The molecule has 0 aliphatic rings. The average molecular weight is 463 g/mol. The fraction of sp³-hybridized carbons (Fsp3) is 0.167. The normalized spacial score (nSPS) is 10.6. The summed E-state index contributed by atoms with van der Waals surface area (Å²) in [5.41, 5.74) is 2.82. The zero-order valence-corrected chi connectivity index (χ0v) is 19.0. The van der Waals surface area contributed by atoms with E-state index in [1.165, 1.54) is 23.2 Å². The molecule has 8 nitrogen and oxygen atoms in total. The van der Waals surface area contributed by atoms with Gasteiger partial charge in [0.1, 0.15) is 12.4 Å². The molecule has 0 bridgehead atoms. The molecule has 0 fully saturated rings. The molecule has 0 unspecified atom stereocenters. The number of benzene rings is 2. The first kappa shape index (κ1) is 22.2. The number of hydrogen-bond donors (Lipinski definition) is 0. The van der Waals surface area contributed by atoms with Crippen LogP contribution in [0.4, 0.5) is 10.8 Å². The summed E-state index contributed by atoms with van der Waals surface area (Å²) < 4.78 is 12.5. The summed E-state index contributed by atoms with van der Waals surface area (Å²) in [6.07, 6.45) is 3.55. The predicted molar refractivity (Wildman–Crippen MR) is 125 cm³/mol. The number of rotatable bonds is 8. The fourth-order valence-corrected chi connectivity index (χ4v) is 4.10. The summed E-state index contributed by atoms with van der Waals surface area (Å²) in [7, 11) is 1.55. The lowest BCUT2D eigenvalue weighted by molar-refractivity contribution is -0.144. The first-order valence-corrected chi connectivity index (χ1v) is 11.1. The Hall–Kier alpha value is -3.98. The van der Waals surface area contributed by atoms with Crippen LogP contribution in [0.1, 0.15) is 18.2 Å². The third kappa shape index (κ3) is 5.27. The van der Waals surface area contributed by atoms with Crippen molar-refractivity contribution in [3.8, 4) is 11.4 Å². The lowest BCUT2D eigenvalue weighted by atomic mass is 10.2. The van der Waals surface area contributed by atoms with Crippen LogP contribution < -0.4 is 9.64 Å². The van der Waals surface area contributed by atoms with Crippen molar-refractivity contribution in [2.24, 2.45) is 0 Å². The largest absolute Gasteiger partial charge is 0.495 e. The van der Waals surface area contributed by atoms with Crippen molar-refractivity contribution in [2.75, 3.05) is 12.0 Å². The second-order valence-corrected chi connectivity index (χ2v) is 7.95. The number of aromatic nitrogens is 3. The second-order valence-electron chi connectivity index (χ2n) is 7.11. The number of para-hydroxylation sites is 3. The van der Waals surface area contributed by atoms with Crippen molar-refractivity contribution in [1.82, 2.24) is 14.8 Å². The van der Waals surface area contributed by atoms with Crippen LogP contribution in [0, 0.1) is 0 Å². The molecule has 1 amide bonds. The average Bonchev–Trinajstić information content (AvgIpc) is 3.48. The van der Waals surface area contributed by atoms with E-state index >= 15 is 0 Å². The van der Waals surface area contributed by atoms with E-state index in [4.69, 9.17) is 9.47 Å². The lowest BCUT2D eigenvalue weighted by Crippen LogP contribution is -2.23. The van der Waals surface area contributed by atoms with E-state index in [0.29, 0.717) is 22.3 Å². The van der Waals surface area contributed by atoms with Crippen molar-refractivity contribution in [3.05, 3.63) is 83.6 Å². The summed E-state index contributed by atoms with van der Waals surface area (Å²) in [6, 6.07) is 16.9. The Morgan fingerprint density at radius 2 is 1.85 bits per heavy atom. The highest BCUT2D eigenvalue weighted by molar-refractivity contribution is 7.14. The smallest absolute Gasteiger partial charge is 0.310 e. The zero-order valence-electron chi connectivity index (χ0n) is 18.2. The minimum Gasteiger partial charge on any atom is -0.495 e. The fourth-order valence-electron chi connectivity index (χ4n) is 3.23. The molecule has 0 saturated carbocycles. The second kappa shape index (κ2) is 10.1. The van der Waals surface area contributed by atoms with Crippen LogP contribution in [-0.4, -0.2) is 33.8 Å². The zero-order chi connectivity index (χ0) is 23.2. The molecule has 0 N–H and O–H groups in total. The topological polar surface area (TPSA) is 86.5 Å². The van der Waals surface area contributed by atoms with Crippen LogP contribution in [-0.2, 0) is 27.4 Å². The van der Waals surface area contributed by atoms with Crippen molar-refractivity contribution in [1.29, 1.82) is 0 Å². The van der Waals surface area contributed by atoms with Gasteiger partial charge in [0.2, 0.25) is 5.91 Å². The molecule has 4 rings (SSSR count). The van der Waals surface area contributed by atoms with Gasteiger partial charge in [0.15, 0.2) is 5.13 Å². The summed E-state index contributed by atoms with van der Waals surface area (Å²) in [4.78, 5) is 30.6. The molecule has 0 aliphatic carbocycles. The van der Waals surface area contributed by atoms with E-state index in [1.807, 2.05) is 42.5 Å². The van der Waals surface area contributed by atoms with Crippen LogP contribution in [0.3, 0.4) is 0 Å².